The van der Waals surface area contributed by atoms with Gasteiger partial charge in [-0.25, -0.2) is 0 Å². The van der Waals surface area contributed by atoms with Crippen molar-refractivity contribution in [3.63, 3.8) is 0 Å². The number of anilines is 1. The summed E-state index contributed by atoms with van der Waals surface area (Å²) < 4.78 is 11.4. The molecule has 5 nitrogen and oxygen atoms in total. The Kier molecular flexibility index (Phi) is 5.50. The maximum atomic E-state index is 12.7. The van der Waals surface area contributed by atoms with Gasteiger partial charge in [0.15, 0.2) is 0 Å². The molecule has 23 heavy (non-hydrogen) atoms. The molecule has 0 unspecified atom stereocenters. The lowest BCUT2D eigenvalue weighted by atomic mass is 10.1. The van der Waals surface area contributed by atoms with Crippen molar-refractivity contribution < 1.29 is 9.00 Å². The minimum absolute atomic E-state index is 0.138. The first-order chi connectivity index (χ1) is 10.9. The summed E-state index contributed by atoms with van der Waals surface area (Å²) >= 11 is 0. The molecule has 0 saturated carbocycles. The molecule has 1 aromatic heterocycles. The van der Waals surface area contributed by atoms with Gasteiger partial charge in [-0.3, -0.25) is 14.0 Å². The molecule has 0 aliphatic carbocycles. The average Bonchev–Trinajstić information content (AvgIpc) is 2.54. The van der Waals surface area contributed by atoms with E-state index in [1.165, 1.54) is 0 Å². The van der Waals surface area contributed by atoms with Crippen LogP contribution in [0, 0.1) is 0 Å². The van der Waals surface area contributed by atoms with Crippen molar-refractivity contribution in [1.29, 1.82) is 0 Å². The molecule has 0 radical (unpaired) electrons. The molecule has 2 atom stereocenters. The fourth-order valence-electron chi connectivity index (χ4n) is 2.33. The number of hydrogen-bond donors (Lipinski definition) is 1. The Bertz CT molecular complexity index is 719. The van der Waals surface area contributed by atoms with Crippen LogP contribution in [0.1, 0.15) is 17.3 Å². The number of nitrogen functional groups attached to an aromatic ring is 1. The van der Waals surface area contributed by atoms with Crippen LogP contribution in [0.4, 0.5) is 5.69 Å². The number of nitrogens with zero attached hydrogens (tertiary/aromatic N) is 2. The quantitative estimate of drug-likeness (QED) is 0.911. The lowest BCUT2D eigenvalue weighted by molar-refractivity contribution is 0.0758. The summed E-state index contributed by atoms with van der Waals surface area (Å²) in [6.45, 7) is 1.87. The lowest BCUT2D eigenvalue weighted by Gasteiger charge is -2.25. The molecule has 0 spiro atoms. The zero-order valence-electron chi connectivity index (χ0n) is 13.5. The van der Waals surface area contributed by atoms with Crippen molar-refractivity contribution in [2.45, 2.75) is 13.0 Å². The number of carbonyl (C=O) groups is 1. The summed E-state index contributed by atoms with van der Waals surface area (Å²) in [6.07, 6.45) is 3.21. The first kappa shape index (κ1) is 17.1. The van der Waals surface area contributed by atoms with Crippen LogP contribution in [0.5, 0.6) is 0 Å². The van der Waals surface area contributed by atoms with Gasteiger partial charge in [0.05, 0.1) is 16.9 Å². The van der Waals surface area contributed by atoms with Crippen molar-refractivity contribution in [3.8, 4) is 11.3 Å². The summed E-state index contributed by atoms with van der Waals surface area (Å²) in [5.74, 6) is 0.235. The van der Waals surface area contributed by atoms with Crippen LogP contribution in [0.25, 0.3) is 11.3 Å². The number of hydrogen-bond acceptors (Lipinski definition) is 4. The minimum atomic E-state index is -0.966. The van der Waals surface area contributed by atoms with Crippen molar-refractivity contribution in [3.05, 3.63) is 48.2 Å². The van der Waals surface area contributed by atoms with Crippen molar-refractivity contribution in [2.75, 3.05) is 24.8 Å². The van der Waals surface area contributed by atoms with Crippen LogP contribution in [-0.2, 0) is 10.8 Å². The van der Waals surface area contributed by atoms with E-state index in [4.69, 9.17) is 5.73 Å². The van der Waals surface area contributed by atoms with Gasteiger partial charge in [0.2, 0.25) is 0 Å². The van der Waals surface area contributed by atoms with E-state index in [-0.39, 0.29) is 11.9 Å². The average molecular weight is 331 g/mol. The number of amides is 1. The van der Waals surface area contributed by atoms with Crippen LogP contribution in [-0.4, -0.2) is 45.1 Å². The van der Waals surface area contributed by atoms with E-state index in [9.17, 15) is 9.00 Å². The van der Waals surface area contributed by atoms with Crippen LogP contribution in [0.15, 0.2) is 42.6 Å². The maximum Gasteiger partial charge on any atom is 0.256 e. The number of carbonyl (C=O) groups excluding carboxylic acids is 1. The number of nitrogens with two attached hydrogens (primary N) is 1. The number of benzene rings is 1. The third-order valence-corrected chi connectivity index (χ3v) is 4.68. The largest absolute Gasteiger partial charge is 0.396 e. The van der Waals surface area contributed by atoms with E-state index in [0.717, 1.165) is 5.56 Å². The summed E-state index contributed by atoms with van der Waals surface area (Å²) in [7, 11) is 0.730. The fourth-order valence-corrected chi connectivity index (χ4v) is 3.23. The van der Waals surface area contributed by atoms with Gasteiger partial charge < -0.3 is 10.6 Å². The highest BCUT2D eigenvalue weighted by molar-refractivity contribution is 7.84. The third-order valence-electron chi connectivity index (χ3n) is 3.73. The Hall–Kier alpha value is -2.21. The predicted octanol–water partition coefficient (Wildman–Crippen LogP) is 2.17. The first-order valence-corrected chi connectivity index (χ1v) is 9.01. The minimum Gasteiger partial charge on any atom is -0.396 e. The predicted molar refractivity (Wildman–Crippen MR) is 94.6 cm³/mol. The summed E-state index contributed by atoms with van der Waals surface area (Å²) in [5.41, 5.74) is 8.42. The molecule has 1 heterocycles. The second-order valence-corrected chi connectivity index (χ2v) is 6.97. The van der Waals surface area contributed by atoms with Gasteiger partial charge in [-0.2, -0.15) is 0 Å². The monoisotopic (exact) mass is 331 g/mol. The van der Waals surface area contributed by atoms with E-state index in [1.54, 1.807) is 30.5 Å². The molecule has 2 N–H and O–H groups in total. The number of rotatable bonds is 5. The molecular weight excluding hydrogens is 310 g/mol. The third kappa shape index (κ3) is 3.96. The molecule has 2 aromatic rings. The molecule has 2 rings (SSSR count). The van der Waals surface area contributed by atoms with Gasteiger partial charge >= 0.3 is 0 Å². The van der Waals surface area contributed by atoms with Crippen LogP contribution in [0.2, 0.25) is 0 Å². The van der Waals surface area contributed by atoms with Gasteiger partial charge in [0, 0.05) is 47.7 Å². The Balaban J connectivity index is 2.33. The SMILES string of the molecule is C[C@H](C[S@](C)=O)N(C)C(=O)c1ccnc(-c2ccccc2)c1N. The zero-order valence-corrected chi connectivity index (χ0v) is 14.3. The van der Waals surface area contributed by atoms with Crippen molar-refractivity contribution in [2.24, 2.45) is 0 Å². The smallest absolute Gasteiger partial charge is 0.256 e. The first-order valence-electron chi connectivity index (χ1n) is 7.29. The summed E-state index contributed by atoms with van der Waals surface area (Å²) in [6, 6.07) is 11.0. The number of pyridine rings is 1. The van der Waals surface area contributed by atoms with E-state index in [1.807, 2.05) is 37.3 Å². The van der Waals surface area contributed by atoms with Gasteiger partial charge in [-0.05, 0) is 13.0 Å². The molecule has 1 amide bonds. The summed E-state index contributed by atoms with van der Waals surface area (Å²) in [5, 5.41) is 0. The Labute approximate surface area is 139 Å². The molecule has 6 heteroatoms. The maximum absolute atomic E-state index is 12.7. The van der Waals surface area contributed by atoms with Crippen molar-refractivity contribution >= 4 is 22.4 Å². The second kappa shape index (κ2) is 7.37. The fraction of sp³-hybridized carbons (Fsp3) is 0.294. The zero-order chi connectivity index (χ0) is 17.0. The topological polar surface area (TPSA) is 76.3 Å². The standard InChI is InChI=1S/C17H21N3O2S/c1-12(11-23(3)22)20(2)17(21)14-9-10-19-16(15(14)18)13-7-5-4-6-8-13/h4-10,12H,11,18H2,1-3H3/t12-,23+/m1/s1. The Morgan fingerprint density at radius 1 is 1.30 bits per heavy atom. The van der Waals surface area contributed by atoms with Gasteiger partial charge in [-0.15, -0.1) is 0 Å². The highest BCUT2D eigenvalue weighted by Crippen LogP contribution is 2.27. The van der Waals surface area contributed by atoms with E-state index >= 15 is 0 Å². The van der Waals surface area contributed by atoms with Gasteiger partial charge in [0.1, 0.15) is 0 Å². The molecule has 0 aliphatic heterocycles. The molecule has 122 valence electrons. The summed E-state index contributed by atoms with van der Waals surface area (Å²) in [4.78, 5) is 18.6. The Morgan fingerprint density at radius 2 is 1.96 bits per heavy atom. The van der Waals surface area contributed by atoms with E-state index in [2.05, 4.69) is 4.98 Å². The molecule has 0 aliphatic rings. The molecule has 0 bridgehead atoms. The highest BCUT2D eigenvalue weighted by Gasteiger charge is 2.22. The van der Waals surface area contributed by atoms with Crippen LogP contribution >= 0.6 is 0 Å². The van der Waals surface area contributed by atoms with Crippen LogP contribution < -0.4 is 5.73 Å². The van der Waals surface area contributed by atoms with Crippen LogP contribution in [0.3, 0.4) is 0 Å². The molecular formula is C17H21N3O2S. The van der Waals surface area contributed by atoms with Crippen molar-refractivity contribution in [1.82, 2.24) is 9.88 Å². The van der Waals surface area contributed by atoms with E-state index < -0.39 is 10.8 Å². The van der Waals surface area contributed by atoms with E-state index in [0.29, 0.717) is 22.7 Å². The molecule has 1 aromatic carbocycles. The number of aromatic nitrogens is 1. The normalized spacial score (nSPS) is 13.3. The lowest BCUT2D eigenvalue weighted by Crippen LogP contribution is -2.38. The molecule has 0 fully saturated rings. The highest BCUT2D eigenvalue weighted by atomic mass is 32.2. The Morgan fingerprint density at radius 3 is 2.57 bits per heavy atom. The van der Waals surface area contributed by atoms with Gasteiger partial charge in [0.25, 0.3) is 5.91 Å². The second-order valence-electron chi connectivity index (χ2n) is 5.49. The molecule has 0 saturated heterocycles. The van der Waals surface area contributed by atoms with Gasteiger partial charge in [-0.1, -0.05) is 30.3 Å².